The molecule has 2 N–H and O–H groups in total. The van der Waals surface area contributed by atoms with E-state index in [9.17, 15) is 22.8 Å². The van der Waals surface area contributed by atoms with Gasteiger partial charge in [0.25, 0.3) is 0 Å². The fourth-order valence-corrected chi connectivity index (χ4v) is 4.55. The van der Waals surface area contributed by atoms with Crippen LogP contribution in [0, 0.1) is 19.8 Å². The number of nitrogens with zero attached hydrogens (tertiary/aromatic N) is 6. The summed E-state index contributed by atoms with van der Waals surface area (Å²) in [5.41, 5.74) is 2.34. The van der Waals surface area contributed by atoms with Gasteiger partial charge >= 0.3 is 12.2 Å². The summed E-state index contributed by atoms with van der Waals surface area (Å²) in [6.45, 7) is 5.67. The van der Waals surface area contributed by atoms with E-state index in [1.807, 2.05) is 11.8 Å². The van der Waals surface area contributed by atoms with Gasteiger partial charge in [-0.3, -0.25) is 20.1 Å². The minimum absolute atomic E-state index is 0.209. The fourth-order valence-electron chi connectivity index (χ4n) is 4.55. The Hall–Kier alpha value is -3.77. The Kier molecular flexibility index (Phi) is 5.37. The third-order valence-corrected chi connectivity index (χ3v) is 6.42. The molecular weight excluding hydrogens is 465 g/mol. The monoisotopic (exact) mass is 488 g/mol. The van der Waals surface area contributed by atoms with Gasteiger partial charge in [-0.25, -0.2) is 19.7 Å². The molecule has 5 rings (SSSR count). The summed E-state index contributed by atoms with van der Waals surface area (Å²) in [4.78, 5) is 42.4. The highest BCUT2D eigenvalue weighted by Crippen LogP contribution is 2.41. The molecule has 0 radical (unpaired) electrons. The second kappa shape index (κ2) is 8.17. The number of urea groups is 1. The number of amides is 2. The summed E-state index contributed by atoms with van der Waals surface area (Å²) in [6.07, 6.45) is -4.61. The Morgan fingerprint density at radius 2 is 2.00 bits per heavy atom. The summed E-state index contributed by atoms with van der Waals surface area (Å²) in [6, 6.07) is 2.87. The van der Waals surface area contributed by atoms with Gasteiger partial charge < -0.3 is 4.90 Å². The van der Waals surface area contributed by atoms with Crippen LogP contribution in [0.3, 0.4) is 0 Å². The highest BCUT2D eigenvalue weighted by atomic mass is 19.4. The minimum atomic E-state index is -4.50. The number of pyridine rings is 1. The van der Waals surface area contributed by atoms with Gasteiger partial charge in [0.2, 0.25) is 5.78 Å². The van der Waals surface area contributed by atoms with Crippen molar-refractivity contribution in [3.63, 3.8) is 0 Å². The third-order valence-electron chi connectivity index (χ3n) is 6.42. The number of aryl methyl sites for hydroxylation is 2. The second-order valence-electron chi connectivity index (χ2n) is 8.98. The zero-order chi connectivity index (χ0) is 25.1. The van der Waals surface area contributed by atoms with Gasteiger partial charge in [0, 0.05) is 25.2 Å². The molecule has 10 nitrogen and oxygen atoms in total. The maximum Gasteiger partial charge on any atom is 0.391 e. The molecule has 0 aliphatic carbocycles. The van der Waals surface area contributed by atoms with Gasteiger partial charge in [0.1, 0.15) is 5.69 Å². The number of nitrogens with one attached hydrogen (secondary N) is 2. The average molecular weight is 488 g/mol. The first-order chi connectivity index (χ1) is 16.5. The molecule has 5 heterocycles. The topological polar surface area (TPSA) is 120 Å². The van der Waals surface area contributed by atoms with E-state index in [4.69, 9.17) is 0 Å². The van der Waals surface area contributed by atoms with E-state index >= 15 is 0 Å². The first-order valence-electron chi connectivity index (χ1n) is 11.2. The lowest BCUT2D eigenvalue weighted by Crippen LogP contribution is -2.49. The van der Waals surface area contributed by atoms with Crippen molar-refractivity contribution in [1.29, 1.82) is 0 Å². The van der Waals surface area contributed by atoms with Gasteiger partial charge in [-0.05, 0) is 32.4 Å². The molecule has 184 valence electrons. The van der Waals surface area contributed by atoms with Crippen LogP contribution in [0.15, 0.2) is 12.1 Å². The van der Waals surface area contributed by atoms with Crippen molar-refractivity contribution in [3.8, 4) is 0 Å². The van der Waals surface area contributed by atoms with Gasteiger partial charge in [-0.2, -0.15) is 18.3 Å². The summed E-state index contributed by atoms with van der Waals surface area (Å²) >= 11 is 0. The van der Waals surface area contributed by atoms with Crippen LogP contribution in [-0.2, 0) is 0 Å². The lowest BCUT2D eigenvalue weighted by molar-refractivity contribution is -0.168. The Morgan fingerprint density at radius 1 is 1.23 bits per heavy atom. The number of carbonyl (C=O) groups excluding carboxylic acids is 2. The van der Waals surface area contributed by atoms with Crippen molar-refractivity contribution < 1.29 is 22.8 Å². The lowest BCUT2D eigenvalue weighted by atomic mass is 10.0. The van der Waals surface area contributed by atoms with Crippen molar-refractivity contribution in [1.82, 2.24) is 25.1 Å². The summed E-state index contributed by atoms with van der Waals surface area (Å²) in [5.74, 6) is -2.49. The number of rotatable bonds is 4. The molecule has 2 atom stereocenters. The number of anilines is 3. The zero-order valence-electron chi connectivity index (χ0n) is 19.3. The van der Waals surface area contributed by atoms with E-state index in [2.05, 4.69) is 30.5 Å². The van der Waals surface area contributed by atoms with E-state index in [-0.39, 0.29) is 17.7 Å². The smallest absolute Gasteiger partial charge is 0.365 e. The number of H-pyrrole nitrogens is 1. The highest BCUT2D eigenvalue weighted by Gasteiger charge is 2.43. The maximum atomic E-state index is 13.5. The molecule has 2 aliphatic rings. The Balaban J connectivity index is 1.49. The number of Topliss-reactive ketones (excluding diaryl/α,β-unsaturated/α-hetero) is 1. The Bertz CT molecular complexity index is 1340. The SMILES string of the molecule is Cc1ccc2c(NC(=O)N3c4nc(C(=O)C[C@H](C)C(F)(F)F)nc(C)c4N4CC[C@H]3C4)n[nH]c2n1. The number of hydrogen-bond acceptors (Lipinski definition) is 7. The largest absolute Gasteiger partial charge is 0.391 e. The number of hydrogen-bond donors (Lipinski definition) is 2. The van der Waals surface area contributed by atoms with Crippen molar-refractivity contribution in [2.45, 2.75) is 45.8 Å². The predicted molar refractivity (Wildman–Crippen MR) is 122 cm³/mol. The summed E-state index contributed by atoms with van der Waals surface area (Å²) in [7, 11) is 0. The number of ketones is 1. The lowest BCUT2D eigenvalue weighted by Gasteiger charge is -2.36. The molecule has 3 aromatic heterocycles. The van der Waals surface area contributed by atoms with Crippen LogP contribution in [0.25, 0.3) is 11.0 Å². The van der Waals surface area contributed by atoms with Gasteiger partial charge in [0.15, 0.2) is 23.1 Å². The molecule has 0 aromatic carbocycles. The molecule has 0 saturated carbocycles. The number of carbonyl (C=O) groups is 2. The number of aromatic nitrogens is 5. The van der Waals surface area contributed by atoms with Crippen molar-refractivity contribution in [3.05, 3.63) is 29.3 Å². The molecule has 0 spiro atoms. The summed E-state index contributed by atoms with van der Waals surface area (Å²) in [5, 5.41) is 10.4. The van der Waals surface area contributed by atoms with Crippen LogP contribution in [-0.4, -0.2) is 62.3 Å². The van der Waals surface area contributed by atoms with Crippen LogP contribution in [0.5, 0.6) is 0 Å². The van der Waals surface area contributed by atoms with Crippen molar-refractivity contribution >= 4 is 40.2 Å². The molecule has 1 saturated heterocycles. The van der Waals surface area contributed by atoms with Crippen LogP contribution in [0.1, 0.15) is 41.8 Å². The number of halogens is 3. The summed E-state index contributed by atoms with van der Waals surface area (Å²) < 4.78 is 39.0. The molecule has 3 aromatic rings. The van der Waals surface area contributed by atoms with Gasteiger partial charge in [0.05, 0.1) is 23.0 Å². The van der Waals surface area contributed by atoms with E-state index < -0.39 is 30.3 Å². The number of alkyl halides is 3. The standard InChI is InChI=1S/C22H23F3N8O2/c1-10(22(23,24)25)8-15(34)19-27-12(3)16-20(28-19)33(13-6-7-32(16)9-13)21(35)29-18-14-5-4-11(2)26-17(14)30-31-18/h4-5,10,13H,6-9H2,1-3H3,(H2,26,29,30,31,35)/t10-,13-/m0/s1. The first kappa shape index (κ1) is 23.0. The average Bonchev–Trinajstić information content (AvgIpc) is 3.37. The minimum Gasteiger partial charge on any atom is -0.365 e. The molecular formula is C22H23F3N8O2. The van der Waals surface area contributed by atoms with E-state index in [1.54, 1.807) is 19.1 Å². The first-order valence-corrected chi connectivity index (χ1v) is 11.2. The van der Waals surface area contributed by atoms with Crippen molar-refractivity contribution in [2.24, 2.45) is 5.92 Å². The normalized spacial score (nSPS) is 18.1. The third kappa shape index (κ3) is 4.04. The van der Waals surface area contributed by atoms with Crippen LogP contribution >= 0.6 is 0 Å². The highest BCUT2D eigenvalue weighted by molar-refractivity contribution is 6.08. The molecule has 1 fully saturated rings. The molecule has 2 aliphatic heterocycles. The molecule has 2 amide bonds. The Labute approximate surface area is 197 Å². The molecule has 35 heavy (non-hydrogen) atoms. The van der Waals surface area contributed by atoms with Crippen LogP contribution in [0.4, 0.5) is 35.3 Å². The van der Waals surface area contributed by atoms with E-state index in [0.717, 1.165) is 12.6 Å². The predicted octanol–water partition coefficient (Wildman–Crippen LogP) is 3.77. The van der Waals surface area contributed by atoms with Gasteiger partial charge in [-0.1, -0.05) is 6.92 Å². The zero-order valence-corrected chi connectivity index (χ0v) is 19.3. The van der Waals surface area contributed by atoms with E-state index in [1.165, 1.54) is 4.90 Å². The van der Waals surface area contributed by atoms with Crippen LogP contribution < -0.4 is 15.1 Å². The quantitative estimate of drug-likeness (QED) is 0.537. The van der Waals surface area contributed by atoms with E-state index in [0.29, 0.717) is 47.7 Å². The Morgan fingerprint density at radius 3 is 2.74 bits per heavy atom. The number of fused-ring (bicyclic) bond motifs is 5. The molecule has 2 bridgehead atoms. The van der Waals surface area contributed by atoms with Crippen LogP contribution in [0.2, 0.25) is 0 Å². The van der Waals surface area contributed by atoms with Gasteiger partial charge in [-0.15, -0.1) is 0 Å². The fraction of sp³-hybridized carbons (Fsp3) is 0.455. The molecule has 0 unspecified atom stereocenters. The number of aromatic amines is 1. The molecule has 13 heteroatoms. The second-order valence-corrected chi connectivity index (χ2v) is 8.98. The van der Waals surface area contributed by atoms with Crippen molar-refractivity contribution in [2.75, 3.05) is 28.2 Å². The maximum absolute atomic E-state index is 13.5.